The van der Waals surface area contributed by atoms with Crippen molar-refractivity contribution in [3.05, 3.63) is 59.7 Å². The van der Waals surface area contributed by atoms with E-state index in [4.69, 9.17) is 5.73 Å². The van der Waals surface area contributed by atoms with E-state index in [-0.39, 0.29) is 47.4 Å². The Bertz CT molecular complexity index is 779. The van der Waals surface area contributed by atoms with Crippen molar-refractivity contribution >= 4 is 35.6 Å². The van der Waals surface area contributed by atoms with Crippen molar-refractivity contribution in [3.8, 4) is 5.75 Å². The lowest BCUT2D eigenvalue weighted by Gasteiger charge is -2.23. The average molecular weight is 508 g/mol. The van der Waals surface area contributed by atoms with Crippen LogP contribution in [0.2, 0.25) is 0 Å². The fraction of sp³-hybridized carbons (Fsp3) is 0.316. The topological polar surface area (TPSA) is 62.9 Å². The number of hydrogen-bond acceptors (Lipinski definition) is 3. The van der Waals surface area contributed by atoms with Crippen LogP contribution in [0.1, 0.15) is 17.2 Å². The highest BCUT2D eigenvalue weighted by Crippen LogP contribution is 2.29. The van der Waals surface area contributed by atoms with E-state index >= 15 is 0 Å². The molecule has 0 heterocycles. The number of nitrogens with two attached hydrogens (primary N) is 1. The molecule has 0 aliphatic rings. The molecule has 0 fully saturated rings. The fourth-order valence-corrected chi connectivity index (χ4v) is 2.50. The number of ether oxygens (including phenoxy) is 1. The fourth-order valence-electron chi connectivity index (χ4n) is 2.50. The number of aliphatic imine (C=N–C) groups is 1. The maximum atomic E-state index is 12.5. The highest BCUT2D eigenvalue weighted by atomic mass is 127. The third kappa shape index (κ3) is 7.55. The molecule has 0 radical (unpaired) electrons. The third-order valence-electron chi connectivity index (χ3n) is 3.90. The lowest BCUT2D eigenvalue weighted by Crippen LogP contribution is -2.28. The lowest BCUT2D eigenvalue weighted by atomic mass is 10.0. The second-order valence-corrected chi connectivity index (χ2v) is 6.28. The Morgan fingerprint density at radius 2 is 1.75 bits per heavy atom. The molecule has 2 aromatic rings. The van der Waals surface area contributed by atoms with Gasteiger partial charge in [0.05, 0.1) is 18.3 Å². The number of benzene rings is 2. The van der Waals surface area contributed by atoms with E-state index in [1.807, 2.05) is 50.2 Å². The van der Waals surface area contributed by atoms with Crippen LogP contribution in [0.25, 0.3) is 0 Å². The summed E-state index contributed by atoms with van der Waals surface area (Å²) in [5.74, 6) is -0.363. The van der Waals surface area contributed by atoms with Gasteiger partial charge in [-0.2, -0.15) is 0 Å². The van der Waals surface area contributed by atoms with Gasteiger partial charge in [0.2, 0.25) is 0 Å². The van der Waals surface area contributed by atoms with Crippen LogP contribution in [0, 0.1) is 6.92 Å². The first kappa shape index (κ1) is 24.0. The van der Waals surface area contributed by atoms with E-state index in [1.54, 1.807) is 6.07 Å². The minimum Gasteiger partial charge on any atom is -0.404 e. The molecule has 0 saturated carbocycles. The highest BCUT2D eigenvalue weighted by Gasteiger charge is 2.32. The molecule has 0 aromatic heterocycles. The van der Waals surface area contributed by atoms with E-state index in [0.717, 1.165) is 11.1 Å². The van der Waals surface area contributed by atoms with Crippen molar-refractivity contribution in [2.75, 3.05) is 26.0 Å². The molecule has 0 bridgehead atoms. The van der Waals surface area contributed by atoms with E-state index < -0.39 is 6.36 Å². The summed E-state index contributed by atoms with van der Waals surface area (Å²) in [7, 11) is 3.85. The normalized spacial score (nSPS) is 13.0. The Morgan fingerprint density at radius 3 is 2.32 bits per heavy atom. The van der Waals surface area contributed by atoms with Gasteiger partial charge in [0.1, 0.15) is 0 Å². The molecular weight excluding hydrogens is 484 g/mol. The van der Waals surface area contributed by atoms with Gasteiger partial charge in [-0.05, 0) is 38.7 Å². The van der Waals surface area contributed by atoms with Crippen LogP contribution in [-0.2, 0) is 0 Å². The van der Waals surface area contributed by atoms with Crippen molar-refractivity contribution in [2.45, 2.75) is 19.3 Å². The Kier molecular flexibility index (Phi) is 9.02. The number of nitrogens with zero attached hydrogens (tertiary/aromatic N) is 2. The van der Waals surface area contributed by atoms with Gasteiger partial charge in [-0.1, -0.05) is 42.0 Å². The molecule has 2 rings (SSSR count). The molecule has 28 heavy (non-hydrogen) atoms. The van der Waals surface area contributed by atoms with Gasteiger partial charge in [-0.3, -0.25) is 4.99 Å². The largest absolute Gasteiger partial charge is 0.573 e. The van der Waals surface area contributed by atoms with Crippen LogP contribution in [-0.4, -0.2) is 37.9 Å². The minimum absolute atomic E-state index is 0. The molecule has 0 spiro atoms. The molecule has 0 amide bonds. The van der Waals surface area contributed by atoms with Crippen molar-refractivity contribution in [1.29, 1.82) is 0 Å². The summed E-state index contributed by atoms with van der Waals surface area (Å²) in [5.41, 5.74) is 8.19. The first-order valence-electron chi connectivity index (χ1n) is 8.30. The first-order chi connectivity index (χ1) is 12.7. The molecule has 0 aliphatic carbocycles. The van der Waals surface area contributed by atoms with Crippen LogP contribution in [0.5, 0.6) is 5.75 Å². The van der Waals surface area contributed by atoms with Gasteiger partial charge in [0.15, 0.2) is 11.7 Å². The molecule has 0 saturated heterocycles. The Labute approximate surface area is 179 Å². The smallest absolute Gasteiger partial charge is 0.404 e. The van der Waals surface area contributed by atoms with E-state index in [1.165, 1.54) is 18.2 Å². The van der Waals surface area contributed by atoms with Gasteiger partial charge in [0, 0.05) is 0 Å². The maximum absolute atomic E-state index is 12.5. The highest BCUT2D eigenvalue weighted by molar-refractivity contribution is 14.0. The number of guanidine groups is 1. The van der Waals surface area contributed by atoms with Gasteiger partial charge < -0.3 is 20.7 Å². The summed E-state index contributed by atoms with van der Waals surface area (Å²) in [6.45, 7) is 2.35. The number of anilines is 1. The minimum atomic E-state index is -4.79. The van der Waals surface area contributed by atoms with Crippen LogP contribution >= 0.6 is 24.0 Å². The number of rotatable bonds is 6. The molecule has 0 aliphatic heterocycles. The summed E-state index contributed by atoms with van der Waals surface area (Å²) in [6.07, 6.45) is -4.79. The van der Waals surface area contributed by atoms with Crippen molar-refractivity contribution in [3.63, 3.8) is 0 Å². The van der Waals surface area contributed by atoms with E-state index in [0.29, 0.717) is 6.54 Å². The van der Waals surface area contributed by atoms with Crippen LogP contribution in [0.4, 0.5) is 18.9 Å². The maximum Gasteiger partial charge on any atom is 0.573 e. The van der Waals surface area contributed by atoms with Gasteiger partial charge in [-0.15, -0.1) is 37.1 Å². The average Bonchev–Trinajstić information content (AvgIpc) is 2.57. The third-order valence-corrected chi connectivity index (χ3v) is 3.90. The summed E-state index contributed by atoms with van der Waals surface area (Å²) in [4.78, 5) is 6.28. The molecule has 154 valence electrons. The zero-order valence-corrected chi connectivity index (χ0v) is 18.2. The number of nitrogens with one attached hydrogen (secondary N) is 1. The molecule has 5 nitrogen and oxygen atoms in total. The second kappa shape index (κ2) is 10.5. The van der Waals surface area contributed by atoms with E-state index in [9.17, 15) is 13.2 Å². The van der Waals surface area contributed by atoms with Gasteiger partial charge >= 0.3 is 6.36 Å². The first-order valence-corrected chi connectivity index (χ1v) is 8.30. The Morgan fingerprint density at radius 1 is 1.14 bits per heavy atom. The van der Waals surface area contributed by atoms with Crippen LogP contribution < -0.4 is 15.8 Å². The lowest BCUT2D eigenvalue weighted by molar-refractivity contribution is -0.274. The number of hydrogen-bond donors (Lipinski definition) is 2. The van der Waals surface area contributed by atoms with Crippen LogP contribution in [0.3, 0.4) is 0 Å². The van der Waals surface area contributed by atoms with Crippen molar-refractivity contribution in [1.82, 2.24) is 4.90 Å². The molecule has 1 unspecified atom stereocenters. The number of alkyl halides is 3. The predicted octanol–water partition coefficient (Wildman–Crippen LogP) is 4.54. The summed E-state index contributed by atoms with van der Waals surface area (Å²) >= 11 is 0. The number of halogens is 4. The predicted molar refractivity (Wildman–Crippen MR) is 116 cm³/mol. The molecule has 9 heteroatoms. The molecule has 1 atom stereocenters. The second-order valence-electron chi connectivity index (χ2n) is 6.28. The monoisotopic (exact) mass is 508 g/mol. The van der Waals surface area contributed by atoms with Crippen molar-refractivity contribution < 1.29 is 17.9 Å². The Hall–Kier alpha value is -2.01. The zero-order valence-electron chi connectivity index (χ0n) is 15.8. The summed E-state index contributed by atoms with van der Waals surface area (Å²) in [6, 6.07) is 13.7. The number of para-hydroxylation sites is 2. The quantitative estimate of drug-likeness (QED) is 0.342. The van der Waals surface area contributed by atoms with E-state index in [2.05, 4.69) is 15.0 Å². The molecule has 3 N–H and O–H groups in total. The summed E-state index contributed by atoms with van der Waals surface area (Å²) in [5, 5.41) is 2.67. The number of aryl methyl sites for hydroxylation is 1. The van der Waals surface area contributed by atoms with Gasteiger partial charge in [-0.25, -0.2) is 0 Å². The summed E-state index contributed by atoms with van der Waals surface area (Å²) < 4.78 is 41.5. The number of likely N-dealkylation sites (N-methyl/N-ethyl adjacent to an activating group) is 1. The van der Waals surface area contributed by atoms with Gasteiger partial charge in [0.25, 0.3) is 0 Å². The SMILES string of the molecule is Cc1ccc(C(CN=C(N)Nc2ccccc2OC(F)(F)F)N(C)C)cc1.I. The standard InChI is InChI=1S/C19H23F3N4O.HI/c1-13-8-10-14(11-9-13)16(26(2)3)12-24-18(23)25-15-6-4-5-7-17(15)27-19(20,21)22;/h4-11,16H,12H2,1-3H3,(H3,23,24,25);1H. The molecular formula is C19H24F3IN4O. The Balaban J connectivity index is 0.00000392. The van der Waals surface area contributed by atoms with Crippen molar-refractivity contribution in [2.24, 2.45) is 10.7 Å². The molecule has 2 aromatic carbocycles. The zero-order chi connectivity index (χ0) is 20.0. The van der Waals surface area contributed by atoms with Crippen LogP contribution in [0.15, 0.2) is 53.5 Å².